The Morgan fingerprint density at radius 1 is 1.39 bits per heavy atom. The molecule has 1 aromatic heterocycles. The van der Waals surface area contributed by atoms with Crippen LogP contribution in [0.5, 0.6) is 0 Å². The molecule has 96 valence electrons. The third-order valence-electron chi connectivity index (χ3n) is 2.89. The Morgan fingerprint density at radius 3 is 2.72 bits per heavy atom. The summed E-state index contributed by atoms with van der Waals surface area (Å²) in [6, 6.07) is 6.81. The zero-order valence-corrected chi connectivity index (χ0v) is 10.7. The van der Waals surface area contributed by atoms with Crippen LogP contribution in [0, 0.1) is 5.82 Å². The number of hydrogen-bond donors (Lipinski definition) is 1. The van der Waals surface area contributed by atoms with Crippen molar-refractivity contribution in [3.8, 4) is 11.3 Å². The lowest BCUT2D eigenvalue weighted by atomic mass is 10.0. The van der Waals surface area contributed by atoms with Crippen LogP contribution in [0.3, 0.4) is 0 Å². The van der Waals surface area contributed by atoms with Gasteiger partial charge in [0.15, 0.2) is 0 Å². The fourth-order valence-electron chi connectivity index (χ4n) is 2.13. The lowest BCUT2D eigenvalue weighted by molar-refractivity contribution is 0.620. The van der Waals surface area contributed by atoms with Crippen molar-refractivity contribution in [3.05, 3.63) is 41.8 Å². The molecule has 1 heterocycles. The molecule has 0 saturated carbocycles. The lowest BCUT2D eigenvalue weighted by Crippen LogP contribution is -2.18. The molecular weight excluding hydrogens is 229 g/mol. The van der Waals surface area contributed by atoms with Gasteiger partial charge in [-0.2, -0.15) is 5.10 Å². The summed E-state index contributed by atoms with van der Waals surface area (Å²) in [4.78, 5) is 0. The topological polar surface area (TPSA) is 43.8 Å². The van der Waals surface area contributed by atoms with Crippen LogP contribution >= 0.6 is 0 Å². The summed E-state index contributed by atoms with van der Waals surface area (Å²) in [7, 11) is 0. The van der Waals surface area contributed by atoms with Crippen molar-refractivity contribution < 1.29 is 4.39 Å². The Balaban J connectivity index is 2.54. The van der Waals surface area contributed by atoms with Gasteiger partial charge in [-0.25, -0.2) is 4.39 Å². The molecule has 1 aromatic carbocycles. The maximum Gasteiger partial charge on any atom is 0.132 e. The molecule has 18 heavy (non-hydrogen) atoms. The molecule has 0 fully saturated rings. The van der Waals surface area contributed by atoms with E-state index >= 15 is 0 Å². The van der Waals surface area contributed by atoms with Gasteiger partial charge in [0, 0.05) is 18.2 Å². The number of aromatic nitrogens is 2. The van der Waals surface area contributed by atoms with Gasteiger partial charge in [-0.1, -0.05) is 12.1 Å². The van der Waals surface area contributed by atoms with Gasteiger partial charge < -0.3 is 5.73 Å². The number of halogens is 1. The van der Waals surface area contributed by atoms with E-state index in [9.17, 15) is 4.39 Å². The monoisotopic (exact) mass is 247 g/mol. The second-order valence-electron chi connectivity index (χ2n) is 4.50. The van der Waals surface area contributed by atoms with Gasteiger partial charge >= 0.3 is 0 Å². The standard InChI is InChI=1S/C14H18FN3/c1-3-18-14(11(9-17-18)8-10(2)16)12-6-4-5-7-13(12)15/h4-7,9-10H,3,8,16H2,1-2H3. The second kappa shape index (κ2) is 5.31. The summed E-state index contributed by atoms with van der Waals surface area (Å²) in [6.45, 7) is 4.64. The Morgan fingerprint density at radius 2 is 2.11 bits per heavy atom. The van der Waals surface area contributed by atoms with Gasteiger partial charge in [0.1, 0.15) is 5.82 Å². The zero-order chi connectivity index (χ0) is 13.1. The summed E-state index contributed by atoms with van der Waals surface area (Å²) in [5.74, 6) is -0.223. The molecule has 0 aliphatic carbocycles. The summed E-state index contributed by atoms with van der Waals surface area (Å²) < 4.78 is 15.7. The van der Waals surface area contributed by atoms with Crippen molar-refractivity contribution in [1.82, 2.24) is 9.78 Å². The van der Waals surface area contributed by atoms with Crippen LogP contribution in [0.4, 0.5) is 4.39 Å². The summed E-state index contributed by atoms with van der Waals surface area (Å²) in [5, 5.41) is 4.30. The van der Waals surface area contributed by atoms with E-state index in [1.807, 2.05) is 24.6 Å². The molecule has 0 amide bonds. The minimum Gasteiger partial charge on any atom is -0.328 e. The Bertz CT molecular complexity index is 532. The highest BCUT2D eigenvalue weighted by atomic mass is 19.1. The molecule has 0 spiro atoms. The van der Waals surface area contributed by atoms with E-state index in [1.165, 1.54) is 6.07 Å². The third kappa shape index (κ3) is 2.43. The van der Waals surface area contributed by atoms with Gasteiger partial charge in [-0.3, -0.25) is 4.68 Å². The van der Waals surface area contributed by atoms with E-state index in [2.05, 4.69) is 5.10 Å². The van der Waals surface area contributed by atoms with E-state index in [1.54, 1.807) is 18.3 Å². The summed E-state index contributed by atoms with van der Waals surface area (Å²) >= 11 is 0. The van der Waals surface area contributed by atoms with Crippen molar-refractivity contribution in [2.75, 3.05) is 0 Å². The number of hydrogen-bond acceptors (Lipinski definition) is 2. The van der Waals surface area contributed by atoms with Crippen molar-refractivity contribution >= 4 is 0 Å². The highest BCUT2D eigenvalue weighted by Crippen LogP contribution is 2.27. The molecule has 3 nitrogen and oxygen atoms in total. The normalized spacial score (nSPS) is 12.7. The van der Waals surface area contributed by atoms with Crippen LogP contribution in [-0.4, -0.2) is 15.8 Å². The van der Waals surface area contributed by atoms with Crippen LogP contribution < -0.4 is 5.73 Å². The molecule has 2 N–H and O–H groups in total. The van der Waals surface area contributed by atoms with E-state index in [0.717, 1.165) is 11.3 Å². The van der Waals surface area contributed by atoms with Gasteiger partial charge in [-0.05, 0) is 38.0 Å². The first-order chi connectivity index (χ1) is 8.63. The smallest absolute Gasteiger partial charge is 0.132 e. The Labute approximate surface area is 106 Å². The van der Waals surface area contributed by atoms with E-state index in [-0.39, 0.29) is 11.9 Å². The predicted molar refractivity (Wildman–Crippen MR) is 70.6 cm³/mol. The number of aryl methyl sites for hydroxylation is 1. The molecule has 1 unspecified atom stereocenters. The maximum absolute atomic E-state index is 13.9. The van der Waals surface area contributed by atoms with Crippen molar-refractivity contribution in [3.63, 3.8) is 0 Å². The van der Waals surface area contributed by atoms with Crippen LogP contribution in [-0.2, 0) is 13.0 Å². The minimum absolute atomic E-state index is 0.0324. The summed E-state index contributed by atoms with van der Waals surface area (Å²) in [5.41, 5.74) is 8.26. The molecular formula is C14H18FN3. The first-order valence-corrected chi connectivity index (χ1v) is 6.18. The number of nitrogens with two attached hydrogens (primary N) is 1. The first-order valence-electron chi connectivity index (χ1n) is 6.18. The average Bonchev–Trinajstić information content (AvgIpc) is 2.72. The SMILES string of the molecule is CCn1ncc(CC(C)N)c1-c1ccccc1F. The first kappa shape index (κ1) is 12.8. The number of nitrogens with zero attached hydrogens (tertiary/aromatic N) is 2. The zero-order valence-electron chi connectivity index (χ0n) is 10.7. The maximum atomic E-state index is 13.9. The quantitative estimate of drug-likeness (QED) is 0.902. The van der Waals surface area contributed by atoms with E-state index < -0.39 is 0 Å². The van der Waals surface area contributed by atoms with Crippen LogP contribution in [0.1, 0.15) is 19.4 Å². The molecule has 1 atom stereocenters. The Hall–Kier alpha value is -1.68. The fourth-order valence-corrected chi connectivity index (χ4v) is 2.13. The van der Waals surface area contributed by atoms with E-state index in [4.69, 9.17) is 5.73 Å². The number of benzene rings is 1. The average molecular weight is 247 g/mol. The minimum atomic E-state index is -0.223. The van der Waals surface area contributed by atoms with Crippen LogP contribution in [0.25, 0.3) is 11.3 Å². The highest BCUT2D eigenvalue weighted by molar-refractivity contribution is 5.64. The van der Waals surface area contributed by atoms with Gasteiger partial charge in [0.25, 0.3) is 0 Å². The highest BCUT2D eigenvalue weighted by Gasteiger charge is 2.16. The molecule has 0 aliphatic heterocycles. The van der Waals surface area contributed by atoms with Gasteiger partial charge in [0.2, 0.25) is 0 Å². The van der Waals surface area contributed by atoms with Crippen molar-refractivity contribution in [2.45, 2.75) is 32.9 Å². The third-order valence-corrected chi connectivity index (χ3v) is 2.89. The van der Waals surface area contributed by atoms with Crippen molar-refractivity contribution in [1.29, 1.82) is 0 Å². The number of rotatable bonds is 4. The van der Waals surface area contributed by atoms with Crippen LogP contribution in [0.15, 0.2) is 30.5 Å². The fraction of sp³-hybridized carbons (Fsp3) is 0.357. The molecule has 0 radical (unpaired) electrons. The summed E-state index contributed by atoms with van der Waals surface area (Å²) in [6.07, 6.45) is 2.48. The molecule has 2 rings (SSSR count). The van der Waals surface area contributed by atoms with Crippen LogP contribution in [0.2, 0.25) is 0 Å². The molecule has 0 bridgehead atoms. The molecule has 4 heteroatoms. The second-order valence-corrected chi connectivity index (χ2v) is 4.50. The Kier molecular flexibility index (Phi) is 3.77. The van der Waals surface area contributed by atoms with Crippen molar-refractivity contribution in [2.24, 2.45) is 5.73 Å². The van der Waals surface area contributed by atoms with E-state index in [0.29, 0.717) is 18.5 Å². The lowest BCUT2D eigenvalue weighted by Gasteiger charge is -2.10. The molecule has 0 saturated heterocycles. The molecule has 2 aromatic rings. The largest absolute Gasteiger partial charge is 0.328 e. The van der Waals surface area contributed by atoms with Gasteiger partial charge in [-0.15, -0.1) is 0 Å². The predicted octanol–water partition coefficient (Wildman–Crippen LogP) is 2.60. The van der Waals surface area contributed by atoms with Gasteiger partial charge in [0.05, 0.1) is 11.9 Å². The molecule has 0 aliphatic rings.